The summed E-state index contributed by atoms with van der Waals surface area (Å²) in [6.07, 6.45) is 2.11. The zero-order chi connectivity index (χ0) is 12.7. The van der Waals surface area contributed by atoms with Gasteiger partial charge in [0.15, 0.2) is 5.11 Å². The number of anilines is 1. The number of hydrogen-bond acceptors (Lipinski definition) is 2. The third-order valence-corrected chi connectivity index (χ3v) is 2.47. The van der Waals surface area contributed by atoms with Gasteiger partial charge in [0, 0.05) is 6.54 Å². The van der Waals surface area contributed by atoms with Crippen LogP contribution in [0.25, 0.3) is 0 Å². The second-order valence-corrected chi connectivity index (χ2v) is 3.99. The number of unbranched alkanes of at least 4 members (excludes halogenated alkanes) is 1. The molecule has 0 aliphatic heterocycles. The highest BCUT2D eigenvalue weighted by Crippen LogP contribution is 2.14. The van der Waals surface area contributed by atoms with Crippen LogP contribution in [-0.4, -0.2) is 22.7 Å². The topological polar surface area (TPSA) is 61.4 Å². The fourth-order valence-corrected chi connectivity index (χ4v) is 1.54. The lowest BCUT2D eigenvalue weighted by Gasteiger charge is -2.11. The summed E-state index contributed by atoms with van der Waals surface area (Å²) in [5.74, 6) is -0.968. The van der Waals surface area contributed by atoms with E-state index in [0.29, 0.717) is 10.8 Å². The number of thiocarbonyl (C=S) groups is 1. The first-order chi connectivity index (χ1) is 8.15. The predicted octanol–water partition coefficient (Wildman–Crippen LogP) is 2.47. The molecular formula is C12H16N2O2S. The summed E-state index contributed by atoms with van der Waals surface area (Å²) in [5.41, 5.74) is 0.723. The minimum atomic E-state index is -0.968. The Hall–Kier alpha value is -1.62. The molecule has 92 valence electrons. The second-order valence-electron chi connectivity index (χ2n) is 3.59. The molecule has 0 aliphatic rings. The van der Waals surface area contributed by atoms with Gasteiger partial charge in [0.25, 0.3) is 0 Å². The minimum absolute atomic E-state index is 0.215. The van der Waals surface area contributed by atoms with Gasteiger partial charge in [-0.25, -0.2) is 4.79 Å². The van der Waals surface area contributed by atoms with Gasteiger partial charge in [-0.15, -0.1) is 0 Å². The summed E-state index contributed by atoms with van der Waals surface area (Å²) in [5, 5.41) is 15.4. The first-order valence-corrected chi connectivity index (χ1v) is 5.93. The number of nitrogens with one attached hydrogen (secondary N) is 2. The molecule has 17 heavy (non-hydrogen) atoms. The van der Waals surface area contributed by atoms with Crippen LogP contribution in [0.5, 0.6) is 0 Å². The van der Waals surface area contributed by atoms with Crippen molar-refractivity contribution in [2.24, 2.45) is 0 Å². The van der Waals surface area contributed by atoms with Crippen molar-refractivity contribution < 1.29 is 9.90 Å². The molecule has 0 aromatic heterocycles. The average molecular weight is 252 g/mol. The number of carboxylic acids is 1. The van der Waals surface area contributed by atoms with Crippen LogP contribution >= 0.6 is 12.2 Å². The molecule has 0 spiro atoms. The average Bonchev–Trinajstić information content (AvgIpc) is 2.29. The first kappa shape index (κ1) is 13.4. The van der Waals surface area contributed by atoms with Gasteiger partial charge in [-0.1, -0.05) is 25.5 Å². The van der Waals surface area contributed by atoms with E-state index in [1.54, 1.807) is 24.3 Å². The van der Waals surface area contributed by atoms with Gasteiger partial charge < -0.3 is 15.7 Å². The molecule has 0 unspecified atom stereocenters. The molecular weight excluding hydrogens is 236 g/mol. The Balaban J connectivity index is 2.61. The number of para-hydroxylation sites is 1. The van der Waals surface area contributed by atoms with Crippen LogP contribution in [0.2, 0.25) is 0 Å². The molecule has 0 fully saturated rings. The molecule has 3 N–H and O–H groups in total. The molecule has 0 amide bonds. The van der Waals surface area contributed by atoms with Gasteiger partial charge >= 0.3 is 5.97 Å². The van der Waals surface area contributed by atoms with E-state index >= 15 is 0 Å². The smallest absolute Gasteiger partial charge is 0.337 e. The highest BCUT2D eigenvalue weighted by atomic mass is 32.1. The lowest BCUT2D eigenvalue weighted by Crippen LogP contribution is -2.29. The maximum atomic E-state index is 11.0. The van der Waals surface area contributed by atoms with Crippen molar-refractivity contribution in [2.45, 2.75) is 19.8 Å². The summed E-state index contributed by atoms with van der Waals surface area (Å²) in [6, 6.07) is 6.68. The van der Waals surface area contributed by atoms with Crippen molar-refractivity contribution >= 4 is 29.0 Å². The fourth-order valence-electron chi connectivity index (χ4n) is 1.32. The zero-order valence-electron chi connectivity index (χ0n) is 9.69. The van der Waals surface area contributed by atoms with E-state index in [-0.39, 0.29) is 5.56 Å². The Morgan fingerprint density at radius 3 is 2.76 bits per heavy atom. The summed E-state index contributed by atoms with van der Waals surface area (Å²) < 4.78 is 0. The van der Waals surface area contributed by atoms with Crippen molar-refractivity contribution in [2.75, 3.05) is 11.9 Å². The normalized spacial score (nSPS) is 9.71. The molecule has 0 aliphatic carbocycles. The van der Waals surface area contributed by atoms with Gasteiger partial charge in [-0.3, -0.25) is 0 Å². The molecule has 0 atom stereocenters. The summed E-state index contributed by atoms with van der Waals surface area (Å²) >= 11 is 5.08. The molecule has 0 saturated carbocycles. The Morgan fingerprint density at radius 1 is 1.41 bits per heavy atom. The van der Waals surface area contributed by atoms with E-state index in [9.17, 15) is 4.79 Å². The second kappa shape index (κ2) is 6.85. The Labute approximate surface area is 106 Å². The van der Waals surface area contributed by atoms with Gasteiger partial charge in [0.1, 0.15) is 0 Å². The molecule has 5 heteroatoms. The van der Waals surface area contributed by atoms with Crippen LogP contribution in [0.4, 0.5) is 5.69 Å². The highest BCUT2D eigenvalue weighted by Gasteiger charge is 2.09. The minimum Gasteiger partial charge on any atom is -0.478 e. The van der Waals surface area contributed by atoms with Crippen molar-refractivity contribution in [3.05, 3.63) is 29.8 Å². The largest absolute Gasteiger partial charge is 0.478 e. The monoisotopic (exact) mass is 252 g/mol. The molecule has 0 radical (unpaired) electrons. The van der Waals surface area contributed by atoms with Crippen molar-refractivity contribution in [3.8, 4) is 0 Å². The predicted molar refractivity (Wildman–Crippen MR) is 72.5 cm³/mol. The van der Waals surface area contributed by atoms with Crippen LogP contribution in [0.15, 0.2) is 24.3 Å². The van der Waals surface area contributed by atoms with E-state index in [2.05, 4.69) is 17.6 Å². The van der Waals surface area contributed by atoms with E-state index in [4.69, 9.17) is 17.3 Å². The quantitative estimate of drug-likeness (QED) is 0.555. The molecule has 1 aromatic rings. The van der Waals surface area contributed by atoms with E-state index < -0.39 is 5.97 Å². The summed E-state index contributed by atoms with van der Waals surface area (Å²) in [6.45, 7) is 2.88. The fraction of sp³-hybridized carbons (Fsp3) is 0.333. The first-order valence-electron chi connectivity index (χ1n) is 5.52. The number of carbonyl (C=O) groups is 1. The maximum Gasteiger partial charge on any atom is 0.337 e. The van der Waals surface area contributed by atoms with Gasteiger partial charge in [-0.05, 0) is 30.8 Å². The van der Waals surface area contributed by atoms with Crippen molar-refractivity contribution in [1.29, 1.82) is 0 Å². The lowest BCUT2D eigenvalue weighted by atomic mass is 10.2. The molecule has 1 aromatic carbocycles. The molecule has 4 nitrogen and oxygen atoms in total. The number of carboxylic acid groups (broad SMARTS) is 1. The van der Waals surface area contributed by atoms with E-state index in [1.807, 2.05) is 0 Å². The number of aromatic carboxylic acids is 1. The van der Waals surface area contributed by atoms with Crippen molar-refractivity contribution in [1.82, 2.24) is 5.32 Å². The molecule has 0 saturated heterocycles. The number of rotatable bonds is 5. The molecule has 0 heterocycles. The Bertz CT molecular complexity index is 407. The lowest BCUT2D eigenvalue weighted by molar-refractivity contribution is 0.0698. The van der Waals surface area contributed by atoms with Crippen LogP contribution in [0.1, 0.15) is 30.1 Å². The standard InChI is InChI=1S/C12H16N2O2S/c1-2-3-8-13-12(17)14-10-7-5-4-6-9(10)11(15)16/h4-7H,2-3,8H2,1H3,(H,15,16)(H2,13,14,17). The van der Waals surface area contributed by atoms with Gasteiger partial charge in [-0.2, -0.15) is 0 Å². The number of benzene rings is 1. The van der Waals surface area contributed by atoms with Crippen molar-refractivity contribution in [3.63, 3.8) is 0 Å². The number of hydrogen-bond donors (Lipinski definition) is 3. The van der Waals surface area contributed by atoms with Gasteiger partial charge in [0.2, 0.25) is 0 Å². The van der Waals surface area contributed by atoms with Gasteiger partial charge in [0.05, 0.1) is 11.3 Å². The molecule has 1 rings (SSSR count). The highest BCUT2D eigenvalue weighted by molar-refractivity contribution is 7.80. The summed E-state index contributed by atoms with van der Waals surface area (Å²) in [4.78, 5) is 11.0. The third kappa shape index (κ3) is 4.40. The van der Waals surface area contributed by atoms with E-state index in [0.717, 1.165) is 19.4 Å². The van der Waals surface area contributed by atoms with E-state index in [1.165, 1.54) is 0 Å². The third-order valence-electron chi connectivity index (χ3n) is 2.22. The summed E-state index contributed by atoms with van der Waals surface area (Å²) in [7, 11) is 0. The Morgan fingerprint density at radius 2 is 2.12 bits per heavy atom. The van der Waals surface area contributed by atoms with Crippen LogP contribution in [-0.2, 0) is 0 Å². The zero-order valence-corrected chi connectivity index (χ0v) is 10.5. The Kier molecular flexibility index (Phi) is 5.42. The SMILES string of the molecule is CCCCNC(=S)Nc1ccccc1C(=O)O. The molecule has 0 bridgehead atoms. The van der Waals surface area contributed by atoms with Crippen LogP contribution in [0.3, 0.4) is 0 Å². The van der Waals surface area contributed by atoms with Crippen LogP contribution < -0.4 is 10.6 Å². The van der Waals surface area contributed by atoms with Crippen LogP contribution in [0, 0.1) is 0 Å². The maximum absolute atomic E-state index is 11.0.